The molecule has 2 rings (SSSR count). The second-order valence-electron chi connectivity index (χ2n) is 4.29. The summed E-state index contributed by atoms with van der Waals surface area (Å²) in [4.78, 5) is 22.2. The Bertz CT molecular complexity index is 732. The SMILES string of the molecule is Cc1c(NC(=O)c2ccc(F)c(F)c2)cccc1[N+](=O)[O-]. The highest BCUT2D eigenvalue weighted by Gasteiger charge is 2.16. The number of halogens is 2. The quantitative estimate of drug-likeness (QED) is 0.695. The van der Waals surface area contributed by atoms with Crippen LogP contribution in [0.5, 0.6) is 0 Å². The van der Waals surface area contributed by atoms with Crippen LogP contribution in [0.4, 0.5) is 20.2 Å². The molecule has 0 heterocycles. The number of hydrogen-bond acceptors (Lipinski definition) is 3. The lowest BCUT2D eigenvalue weighted by atomic mass is 10.1. The highest BCUT2D eigenvalue weighted by molar-refractivity contribution is 6.04. The van der Waals surface area contributed by atoms with Crippen LogP contribution in [0.15, 0.2) is 36.4 Å². The van der Waals surface area contributed by atoms with Gasteiger partial charge < -0.3 is 5.32 Å². The average Bonchev–Trinajstić information content (AvgIpc) is 2.43. The number of nitrogens with one attached hydrogen (secondary N) is 1. The maximum absolute atomic E-state index is 13.1. The van der Waals surface area contributed by atoms with Gasteiger partial charge in [0.2, 0.25) is 0 Å². The zero-order valence-corrected chi connectivity index (χ0v) is 10.9. The molecule has 5 nitrogen and oxygen atoms in total. The van der Waals surface area contributed by atoms with Crippen LogP contribution in [0.1, 0.15) is 15.9 Å². The van der Waals surface area contributed by atoms with Crippen LogP contribution in [0, 0.1) is 28.7 Å². The molecule has 0 fully saturated rings. The number of nitro benzene ring substituents is 1. The Morgan fingerprint density at radius 1 is 1.19 bits per heavy atom. The minimum absolute atomic E-state index is 0.0835. The van der Waals surface area contributed by atoms with Gasteiger partial charge in [-0.2, -0.15) is 0 Å². The van der Waals surface area contributed by atoms with E-state index in [1.807, 2.05) is 0 Å². The molecular weight excluding hydrogens is 282 g/mol. The summed E-state index contributed by atoms with van der Waals surface area (Å²) in [5.74, 6) is -2.88. The van der Waals surface area contributed by atoms with Crippen molar-refractivity contribution in [2.24, 2.45) is 0 Å². The molecule has 0 aliphatic heterocycles. The fraction of sp³-hybridized carbons (Fsp3) is 0.0714. The molecule has 7 heteroatoms. The molecule has 0 aliphatic carbocycles. The van der Waals surface area contributed by atoms with Crippen LogP contribution in [0.3, 0.4) is 0 Å². The molecule has 108 valence electrons. The molecule has 0 aromatic heterocycles. The van der Waals surface area contributed by atoms with Crippen molar-refractivity contribution in [3.8, 4) is 0 Å². The van der Waals surface area contributed by atoms with Crippen molar-refractivity contribution < 1.29 is 18.5 Å². The molecule has 1 amide bonds. The van der Waals surface area contributed by atoms with Crippen LogP contribution in [-0.2, 0) is 0 Å². The highest BCUT2D eigenvalue weighted by atomic mass is 19.2. The molecule has 0 saturated heterocycles. The standard InChI is InChI=1S/C14H10F2N2O3/c1-8-12(3-2-4-13(8)18(20)21)17-14(19)9-5-6-10(15)11(16)7-9/h2-7H,1H3,(H,17,19). The monoisotopic (exact) mass is 292 g/mol. The summed E-state index contributed by atoms with van der Waals surface area (Å²) < 4.78 is 25.9. The summed E-state index contributed by atoms with van der Waals surface area (Å²) in [7, 11) is 0. The first kappa shape index (κ1) is 14.6. The highest BCUT2D eigenvalue weighted by Crippen LogP contribution is 2.25. The van der Waals surface area contributed by atoms with Crippen molar-refractivity contribution in [2.75, 3.05) is 5.32 Å². The summed E-state index contributed by atoms with van der Waals surface area (Å²) in [5, 5.41) is 13.2. The molecule has 0 radical (unpaired) electrons. The number of rotatable bonds is 3. The second kappa shape index (κ2) is 5.66. The van der Waals surface area contributed by atoms with Crippen molar-refractivity contribution >= 4 is 17.3 Å². The van der Waals surface area contributed by atoms with E-state index < -0.39 is 22.5 Å². The molecule has 2 aromatic rings. The lowest BCUT2D eigenvalue weighted by Crippen LogP contribution is -2.13. The Kier molecular flexibility index (Phi) is 3.93. The van der Waals surface area contributed by atoms with Crippen molar-refractivity contribution in [1.82, 2.24) is 0 Å². The molecule has 0 saturated carbocycles. The topological polar surface area (TPSA) is 72.2 Å². The van der Waals surface area contributed by atoms with Gasteiger partial charge in [0.25, 0.3) is 11.6 Å². The number of benzene rings is 2. The third-order valence-corrected chi connectivity index (χ3v) is 2.93. The smallest absolute Gasteiger partial charge is 0.274 e. The van der Waals surface area contributed by atoms with Crippen LogP contribution in [0.2, 0.25) is 0 Å². The second-order valence-corrected chi connectivity index (χ2v) is 4.29. The summed E-state index contributed by atoms with van der Waals surface area (Å²) in [5.41, 5.74) is 0.287. The van der Waals surface area contributed by atoms with E-state index in [4.69, 9.17) is 0 Å². The summed E-state index contributed by atoms with van der Waals surface area (Å²) >= 11 is 0. The molecular formula is C14H10F2N2O3. The lowest BCUT2D eigenvalue weighted by Gasteiger charge is -2.08. The molecule has 21 heavy (non-hydrogen) atoms. The van der Waals surface area contributed by atoms with Gasteiger partial charge in [-0.1, -0.05) is 6.07 Å². The van der Waals surface area contributed by atoms with Gasteiger partial charge in [0.1, 0.15) is 0 Å². The van der Waals surface area contributed by atoms with Gasteiger partial charge in [-0.3, -0.25) is 14.9 Å². The van der Waals surface area contributed by atoms with Gasteiger partial charge in [0, 0.05) is 11.6 Å². The van der Waals surface area contributed by atoms with Crippen molar-refractivity contribution in [3.63, 3.8) is 0 Å². The first-order chi connectivity index (χ1) is 9.90. The Hall–Kier alpha value is -2.83. The third kappa shape index (κ3) is 3.02. The molecule has 1 N–H and O–H groups in total. The molecule has 0 aliphatic rings. The zero-order valence-electron chi connectivity index (χ0n) is 10.9. The third-order valence-electron chi connectivity index (χ3n) is 2.93. The van der Waals surface area contributed by atoms with E-state index in [9.17, 15) is 23.7 Å². The Balaban J connectivity index is 2.29. The number of amides is 1. The molecule has 0 unspecified atom stereocenters. The van der Waals surface area contributed by atoms with E-state index in [1.54, 1.807) is 0 Å². The van der Waals surface area contributed by atoms with Gasteiger partial charge >= 0.3 is 0 Å². The summed E-state index contributed by atoms with van der Waals surface area (Å²) in [6, 6.07) is 6.94. The van der Waals surface area contributed by atoms with Gasteiger partial charge in [-0.25, -0.2) is 8.78 Å². The van der Waals surface area contributed by atoms with Gasteiger partial charge in [0.05, 0.1) is 16.2 Å². The number of hydrogen-bond donors (Lipinski definition) is 1. The molecule has 0 spiro atoms. The fourth-order valence-corrected chi connectivity index (χ4v) is 1.79. The largest absolute Gasteiger partial charge is 0.321 e. The van der Waals surface area contributed by atoms with Crippen LogP contribution in [-0.4, -0.2) is 10.8 Å². The Labute approximate surface area is 118 Å². The van der Waals surface area contributed by atoms with E-state index in [0.717, 1.165) is 18.2 Å². The number of nitrogens with zero attached hydrogens (tertiary/aromatic N) is 1. The maximum atomic E-state index is 13.1. The Morgan fingerprint density at radius 2 is 1.90 bits per heavy atom. The summed E-state index contributed by atoms with van der Waals surface area (Å²) in [6.45, 7) is 1.49. The van der Waals surface area contributed by atoms with E-state index in [2.05, 4.69) is 5.32 Å². The average molecular weight is 292 g/mol. The minimum atomic E-state index is -1.14. The van der Waals surface area contributed by atoms with Gasteiger partial charge in [-0.05, 0) is 31.2 Å². The molecule has 0 atom stereocenters. The van der Waals surface area contributed by atoms with Crippen LogP contribution < -0.4 is 5.32 Å². The normalized spacial score (nSPS) is 10.2. The van der Waals surface area contributed by atoms with Crippen molar-refractivity contribution in [1.29, 1.82) is 0 Å². The predicted molar refractivity (Wildman–Crippen MR) is 72.1 cm³/mol. The number of carbonyl (C=O) groups excluding carboxylic acids is 1. The molecule has 0 bridgehead atoms. The van der Waals surface area contributed by atoms with E-state index in [1.165, 1.54) is 25.1 Å². The zero-order chi connectivity index (χ0) is 15.6. The first-order valence-electron chi connectivity index (χ1n) is 5.90. The minimum Gasteiger partial charge on any atom is -0.321 e. The van der Waals surface area contributed by atoms with E-state index in [0.29, 0.717) is 0 Å². The molecule has 2 aromatic carbocycles. The summed E-state index contributed by atoms with van der Waals surface area (Å²) in [6.07, 6.45) is 0. The fourth-order valence-electron chi connectivity index (χ4n) is 1.79. The van der Waals surface area contributed by atoms with E-state index >= 15 is 0 Å². The van der Waals surface area contributed by atoms with Crippen LogP contribution in [0.25, 0.3) is 0 Å². The predicted octanol–water partition coefficient (Wildman–Crippen LogP) is 3.43. The van der Waals surface area contributed by atoms with E-state index in [-0.39, 0.29) is 22.5 Å². The van der Waals surface area contributed by atoms with Crippen molar-refractivity contribution in [2.45, 2.75) is 6.92 Å². The number of carbonyl (C=O) groups is 1. The first-order valence-corrected chi connectivity index (χ1v) is 5.90. The Morgan fingerprint density at radius 3 is 2.52 bits per heavy atom. The van der Waals surface area contributed by atoms with Gasteiger partial charge in [-0.15, -0.1) is 0 Å². The maximum Gasteiger partial charge on any atom is 0.274 e. The van der Waals surface area contributed by atoms with Crippen molar-refractivity contribution in [3.05, 3.63) is 69.3 Å². The number of anilines is 1. The number of nitro groups is 1. The lowest BCUT2D eigenvalue weighted by molar-refractivity contribution is -0.385. The van der Waals surface area contributed by atoms with Crippen LogP contribution >= 0.6 is 0 Å². The van der Waals surface area contributed by atoms with Gasteiger partial charge in [0.15, 0.2) is 11.6 Å².